The largest absolute Gasteiger partial charge is 0.435 e. The van der Waals surface area contributed by atoms with Gasteiger partial charge in [0, 0.05) is 15.7 Å². The number of ether oxygens (including phenoxy) is 1. The molecule has 0 aliphatic rings. The van der Waals surface area contributed by atoms with Crippen LogP contribution in [-0.2, 0) is 4.79 Å². The molecule has 0 unspecified atom stereocenters. The van der Waals surface area contributed by atoms with Crippen LogP contribution in [0.4, 0.5) is 14.5 Å². The Morgan fingerprint density at radius 3 is 2.64 bits per heavy atom. The summed E-state index contributed by atoms with van der Waals surface area (Å²) < 4.78 is 29.5. The van der Waals surface area contributed by atoms with Crippen LogP contribution < -0.4 is 15.4 Å². The van der Waals surface area contributed by atoms with E-state index in [1.165, 1.54) is 24.3 Å². The van der Waals surface area contributed by atoms with E-state index in [0.29, 0.717) is 5.69 Å². The summed E-state index contributed by atoms with van der Waals surface area (Å²) in [4.78, 5) is 23.9. The molecule has 0 spiro atoms. The van der Waals surface area contributed by atoms with Gasteiger partial charge in [0.25, 0.3) is 5.91 Å². The molecule has 2 rings (SSSR count). The summed E-state index contributed by atoms with van der Waals surface area (Å²) in [6.45, 7) is -1.39. The van der Waals surface area contributed by atoms with E-state index in [0.717, 1.165) is 10.0 Å². The highest BCUT2D eigenvalue weighted by Gasteiger charge is 2.11. The molecule has 0 radical (unpaired) electrons. The molecule has 0 aliphatic carbocycles. The molecule has 2 amide bonds. The van der Waals surface area contributed by atoms with Crippen molar-refractivity contribution in [3.05, 3.63) is 58.1 Å². The van der Waals surface area contributed by atoms with Crippen molar-refractivity contribution in [1.29, 1.82) is 0 Å². The molecule has 0 atom stereocenters. The Hall–Kier alpha value is -2.48. The molecule has 0 aromatic heterocycles. The zero-order valence-corrected chi connectivity index (χ0v) is 14.8. The van der Waals surface area contributed by atoms with Gasteiger partial charge in [-0.25, -0.2) is 0 Å². The minimum absolute atomic E-state index is 0.116. The molecule has 8 heteroatoms. The third-order valence-corrected chi connectivity index (χ3v) is 3.69. The molecular formula is C17H15BrF2N2O3. The number of anilines is 1. The Kier molecular flexibility index (Phi) is 6.46. The Morgan fingerprint density at radius 2 is 1.96 bits per heavy atom. The number of halogens is 3. The van der Waals surface area contributed by atoms with E-state index in [1.54, 1.807) is 12.1 Å². The van der Waals surface area contributed by atoms with Gasteiger partial charge in [0.2, 0.25) is 5.91 Å². The predicted octanol–water partition coefficient (Wildman–Crippen LogP) is 3.73. The van der Waals surface area contributed by atoms with Crippen LogP contribution in [0.3, 0.4) is 0 Å². The number of nitrogens with one attached hydrogen (secondary N) is 2. The highest BCUT2D eigenvalue weighted by molar-refractivity contribution is 9.10. The fraction of sp³-hybridized carbons (Fsp3) is 0.176. The van der Waals surface area contributed by atoms with E-state index in [2.05, 4.69) is 31.3 Å². The summed E-state index contributed by atoms with van der Waals surface area (Å²) >= 11 is 3.33. The van der Waals surface area contributed by atoms with E-state index >= 15 is 0 Å². The van der Waals surface area contributed by atoms with Crippen LogP contribution in [0.5, 0.6) is 5.75 Å². The average molecular weight is 413 g/mol. The third-order valence-electron chi connectivity index (χ3n) is 3.19. The lowest BCUT2D eigenvalue weighted by atomic mass is 10.2. The highest BCUT2D eigenvalue weighted by atomic mass is 79.9. The fourth-order valence-electron chi connectivity index (χ4n) is 2.04. The van der Waals surface area contributed by atoms with E-state index in [-0.39, 0.29) is 17.9 Å². The molecule has 0 fully saturated rings. The predicted molar refractivity (Wildman–Crippen MR) is 92.9 cm³/mol. The first-order valence-corrected chi connectivity index (χ1v) is 8.03. The lowest BCUT2D eigenvalue weighted by Crippen LogP contribution is -2.33. The molecule has 0 saturated carbocycles. The first kappa shape index (κ1) is 18.9. The van der Waals surface area contributed by atoms with Gasteiger partial charge in [0.15, 0.2) is 0 Å². The van der Waals surface area contributed by atoms with Gasteiger partial charge in [-0.05, 0) is 48.9 Å². The van der Waals surface area contributed by atoms with Gasteiger partial charge in [-0.1, -0.05) is 22.0 Å². The maximum atomic E-state index is 12.2. The Bertz CT molecular complexity index is 784. The molecule has 5 nitrogen and oxygen atoms in total. The van der Waals surface area contributed by atoms with Gasteiger partial charge < -0.3 is 15.4 Å². The molecule has 0 bridgehead atoms. The summed E-state index contributed by atoms with van der Waals surface area (Å²) in [6.07, 6.45) is 0. The Morgan fingerprint density at radius 1 is 1.20 bits per heavy atom. The first-order valence-electron chi connectivity index (χ1n) is 7.24. The minimum Gasteiger partial charge on any atom is -0.435 e. The van der Waals surface area contributed by atoms with Crippen molar-refractivity contribution in [1.82, 2.24) is 5.32 Å². The van der Waals surface area contributed by atoms with Gasteiger partial charge >= 0.3 is 6.61 Å². The van der Waals surface area contributed by atoms with Crippen LogP contribution in [0.15, 0.2) is 46.9 Å². The maximum Gasteiger partial charge on any atom is 0.387 e. The van der Waals surface area contributed by atoms with Crippen LogP contribution in [0.25, 0.3) is 0 Å². The highest BCUT2D eigenvalue weighted by Crippen LogP contribution is 2.20. The zero-order chi connectivity index (χ0) is 18.4. The van der Waals surface area contributed by atoms with Gasteiger partial charge in [-0.2, -0.15) is 8.78 Å². The quantitative estimate of drug-likeness (QED) is 0.759. The van der Waals surface area contributed by atoms with Crippen LogP contribution in [-0.4, -0.2) is 25.0 Å². The standard InChI is InChI=1S/C17H15BrF2N2O3/c1-10-7-12(18)5-6-14(10)22-15(23)9-21-16(24)11-3-2-4-13(8-11)25-17(19)20/h2-8,17H,9H2,1H3,(H,21,24)(H,22,23). The van der Waals surface area contributed by atoms with Crippen LogP contribution in [0.2, 0.25) is 0 Å². The van der Waals surface area contributed by atoms with Gasteiger partial charge in [-0.3, -0.25) is 9.59 Å². The summed E-state index contributed by atoms with van der Waals surface area (Å²) in [6, 6.07) is 10.7. The smallest absolute Gasteiger partial charge is 0.387 e. The summed E-state index contributed by atoms with van der Waals surface area (Å²) in [7, 11) is 0. The monoisotopic (exact) mass is 412 g/mol. The van der Waals surface area contributed by atoms with Crippen LogP contribution in [0.1, 0.15) is 15.9 Å². The second kappa shape index (κ2) is 8.57. The van der Waals surface area contributed by atoms with Gasteiger partial charge in [0.05, 0.1) is 6.54 Å². The lowest BCUT2D eigenvalue weighted by molar-refractivity contribution is -0.115. The molecule has 0 aliphatic heterocycles. The lowest BCUT2D eigenvalue weighted by Gasteiger charge is -2.10. The molecular weight excluding hydrogens is 398 g/mol. The second-order valence-electron chi connectivity index (χ2n) is 5.10. The summed E-state index contributed by atoms with van der Waals surface area (Å²) in [5, 5.41) is 5.11. The number of benzene rings is 2. The number of aryl methyl sites for hydroxylation is 1. The number of amides is 2. The van der Waals surface area contributed by atoms with E-state index < -0.39 is 18.4 Å². The topological polar surface area (TPSA) is 67.4 Å². The van der Waals surface area contributed by atoms with Crippen molar-refractivity contribution in [3.63, 3.8) is 0 Å². The minimum atomic E-state index is -2.97. The van der Waals surface area contributed by atoms with Crippen molar-refractivity contribution in [3.8, 4) is 5.75 Å². The van der Waals surface area contributed by atoms with Crippen molar-refractivity contribution in [2.75, 3.05) is 11.9 Å². The fourth-order valence-corrected chi connectivity index (χ4v) is 2.51. The second-order valence-corrected chi connectivity index (χ2v) is 6.01. The van der Waals surface area contributed by atoms with Crippen molar-refractivity contribution in [2.45, 2.75) is 13.5 Å². The number of carbonyl (C=O) groups is 2. The van der Waals surface area contributed by atoms with Crippen molar-refractivity contribution < 1.29 is 23.1 Å². The molecule has 0 heterocycles. The van der Waals surface area contributed by atoms with Gasteiger partial charge in [0.1, 0.15) is 5.75 Å². The molecule has 25 heavy (non-hydrogen) atoms. The van der Waals surface area contributed by atoms with E-state index in [1.807, 2.05) is 13.0 Å². The summed E-state index contributed by atoms with van der Waals surface area (Å²) in [5.41, 5.74) is 1.62. The number of rotatable bonds is 6. The van der Waals surface area contributed by atoms with Crippen molar-refractivity contribution >= 4 is 33.4 Å². The van der Waals surface area contributed by atoms with Crippen LogP contribution in [0, 0.1) is 6.92 Å². The molecule has 2 N–H and O–H groups in total. The van der Waals surface area contributed by atoms with E-state index in [9.17, 15) is 18.4 Å². The molecule has 2 aromatic rings. The normalized spacial score (nSPS) is 10.4. The summed E-state index contributed by atoms with van der Waals surface area (Å²) in [5.74, 6) is -1.10. The Balaban J connectivity index is 1.92. The zero-order valence-electron chi connectivity index (χ0n) is 13.2. The maximum absolute atomic E-state index is 12.2. The average Bonchev–Trinajstić information content (AvgIpc) is 2.55. The first-order chi connectivity index (χ1) is 11.8. The third kappa shape index (κ3) is 5.82. The number of hydrogen-bond donors (Lipinski definition) is 2. The van der Waals surface area contributed by atoms with Gasteiger partial charge in [-0.15, -0.1) is 0 Å². The van der Waals surface area contributed by atoms with Crippen molar-refractivity contribution in [2.24, 2.45) is 0 Å². The Labute approximate surface area is 151 Å². The molecule has 0 saturated heterocycles. The molecule has 2 aromatic carbocycles. The number of carbonyl (C=O) groups excluding carboxylic acids is 2. The number of alkyl halides is 2. The molecule has 132 valence electrons. The number of hydrogen-bond acceptors (Lipinski definition) is 3. The van der Waals surface area contributed by atoms with E-state index in [4.69, 9.17) is 0 Å². The van der Waals surface area contributed by atoms with Crippen LogP contribution >= 0.6 is 15.9 Å². The SMILES string of the molecule is Cc1cc(Br)ccc1NC(=O)CNC(=O)c1cccc(OC(F)F)c1.